The molecule has 15 aromatic rings. The van der Waals surface area contributed by atoms with Gasteiger partial charge in [0.1, 0.15) is 0 Å². The lowest BCUT2D eigenvalue weighted by Gasteiger charge is -2.58. The summed E-state index contributed by atoms with van der Waals surface area (Å²) in [5.74, 6) is 1.60. The molecule has 8 aliphatic heterocycles. The molecule has 0 radical (unpaired) electrons. The van der Waals surface area contributed by atoms with E-state index in [1.54, 1.807) is 54.6 Å². The quantitative estimate of drug-likeness (QED) is 0.113. The SMILES string of the molecule is [2H]c1c([2H])c([2H])c(-c2cccc(-c3c([2H])c([2H])c([2H])c([2H])c3[2H])c2N2c3ccccc3B3c4cc5c(cc4N(c4ccccc4)c4cc(N6C7CC8CC(C7)CC6C8)cc2c43)N(c2c(-c3c([2H])c([2H])c([2H])c([2H])c3[2H])cccc2-c2c([2H])c([2H])c([2H])c([2H])c2[2H])c2cc(N3C4CC6CC(C4)CC3C6)cc3c2B5c2ccccc2N3c2c(-c3c([2H])c([2H])c([2H])c([2H])c3[2H])cccc2-c2c([2H])c([2H])c([2H])c([2H])c2[2H])c([2H])c1[2H]. The molecule has 0 amide bonds. The third-order valence-electron chi connectivity index (χ3n) is 26.8. The average molecular weight is 1520 g/mol. The Hall–Kier alpha value is -12.8. The van der Waals surface area contributed by atoms with Gasteiger partial charge in [0.15, 0.2) is 0 Å². The summed E-state index contributed by atoms with van der Waals surface area (Å²) in [7, 11) is 0. The molecule has 4 aliphatic carbocycles. The second-order valence-electron chi connectivity index (χ2n) is 32.8. The summed E-state index contributed by atoms with van der Waals surface area (Å²) in [5.41, 5.74) is 6.79. The summed E-state index contributed by atoms with van der Waals surface area (Å²) in [6.07, 6.45) is 8.80. The predicted octanol–water partition coefficient (Wildman–Crippen LogP) is 23.4. The molecule has 554 valence electrons. The van der Waals surface area contributed by atoms with Crippen LogP contribution < -0.4 is 62.2 Å². The molecule has 8 fully saturated rings. The lowest BCUT2D eigenvalue weighted by molar-refractivity contribution is 0.0899. The Morgan fingerprint density at radius 3 is 0.819 bits per heavy atom. The van der Waals surface area contributed by atoms with Gasteiger partial charge in [-0.25, -0.2) is 0 Å². The van der Waals surface area contributed by atoms with Crippen LogP contribution in [0.15, 0.2) is 351 Å². The van der Waals surface area contributed by atoms with Gasteiger partial charge in [0.05, 0.1) is 58.2 Å². The van der Waals surface area contributed by atoms with E-state index in [1.165, 1.54) is 0 Å². The largest absolute Gasteiger partial charge is 0.365 e. The maximum Gasteiger partial charge on any atom is 0.252 e. The molecule has 8 heteroatoms. The van der Waals surface area contributed by atoms with Crippen LogP contribution in [0.2, 0.25) is 0 Å². The second-order valence-corrected chi connectivity index (χ2v) is 32.8. The topological polar surface area (TPSA) is 19.4 Å². The van der Waals surface area contributed by atoms with Crippen LogP contribution in [-0.2, 0) is 0 Å². The van der Waals surface area contributed by atoms with Gasteiger partial charge in [-0.3, -0.25) is 0 Å². The summed E-state index contributed by atoms with van der Waals surface area (Å²) >= 11 is 0. The van der Waals surface area contributed by atoms with E-state index in [-0.39, 0.29) is 108 Å². The zero-order chi connectivity index (χ0) is 102. The van der Waals surface area contributed by atoms with Gasteiger partial charge < -0.3 is 29.4 Å². The maximum absolute atomic E-state index is 10.3. The molecule has 0 N–H and O–H groups in total. The van der Waals surface area contributed by atoms with Gasteiger partial charge in [-0.2, -0.15) is 0 Å². The van der Waals surface area contributed by atoms with Crippen molar-refractivity contribution in [3.8, 4) is 66.8 Å². The molecule has 8 bridgehead atoms. The van der Waals surface area contributed by atoms with Crippen LogP contribution in [-0.4, -0.2) is 37.6 Å². The normalized spacial score (nSPS) is 24.6. The minimum Gasteiger partial charge on any atom is -0.365 e. The molecule has 15 aromatic carbocycles. The Morgan fingerprint density at radius 2 is 0.500 bits per heavy atom. The van der Waals surface area contributed by atoms with Gasteiger partial charge in [-0.05, 0) is 209 Å². The van der Waals surface area contributed by atoms with Crippen molar-refractivity contribution in [2.45, 2.75) is 88.4 Å². The molecule has 116 heavy (non-hydrogen) atoms. The first kappa shape index (κ1) is 43.6. The van der Waals surface area contributed by atoms with E-state index in [0.29, 0.717) is 113 Å². The summed E-state index contributed by atoms with van der Waals surface area (Å²) in [5, 5.41) is 0. The highest BCUT2D eigenvalue weighted by atomic mass is 15.3. The first-order valence-electron chi connectivity index (χ1n) is 55.3. The number of piperidine rings is 4. The minimum atomic E-state index is -1.09. The number of hydrogen-bond donors (Lipinski definition) is 0. The first-order chi connectivity index (χ1) is 70.0. The first-order valence-corrected chi connectivity index (χ1v) is 40.3. The summed E-state index contributed by atoms with van der Waals surface area (Å²) in [4.78, 5) is 12.9. The second kappa shape index (κ2) is 26.4. The van der Waals surface area contributed by atoms with Crippen molar-refractivity contribution in [3.63, 3.8) is 0 Å². The van der Waals surface area contributed by atoms with Crippen molar-refractivity contribution in [2.75, 3.05) is 29.4 Å². The Balaban J connectivity index is 0.871. The van der Waals surface area contributed by atoms with Crippen LogP contribution in [0.5, 0.6) is 0 Å². The number of anilines is 14. The number of benzene rings is 15. The highest BCUT2D eigenvalue weighted by Crippen LogP contribution is 2.60. The van der Waals surface area contributed by atoms with E-state index < -0.39 is 195 Å². The fraction of sp³-hybridized carbons (Fsp3) is 0.167. The Kier molecular flexibility index (Phi) is 9.93. The van der Waals surface area contributed by atoms with Crippen LogP contribution in [0.3, 0.4) is 0 Å². The van der Waals surface area contributed by atoms with Crippen molar-refractivity contribution in [1.29, 1.82) is 0 Å². The smallest absolute Gasteiger partial charge is 0.252 e. The van der Waals surface area contributed by atoms with Crippen molar-refractivity contribution in [1.82, 2.24) is 0 Å². The van der Waals surface area contributed by atoms with E-state index in [0.717, 1.165) is 69.9 Å². The molecule has 0 spiro atoms. The van der Waals surface area contributed by atoms with Crippen molar-refractivity contribution in [2.24, 2.45) is 23.7 Å². The molecule has 6 nitrogen and oxygen atoms in total. The fourth-order valence-corrected chi connectivity index (χ4v) is 23.0. The molecule has 8 heterocycles. The maximum atomic E-state index is 10.3. The van der Waals surface area contributed by atoms with Crippen LogP contribution in [0.4, 0.5) is 79.6 Å². The molecular weight excluding hydrogens is 1400 g/mol. The average Bonchev–Trinajstić information content (AvgIpc) is 0.687. The molecule has 0 unspecified atom stereocenters. The van der Waals surface area contributed by atoms with E-state index in [4.69, 9.17) is 5.48 Å². The van der Waals surface area contributed by atoms with Gasteiger partial charge in [-0.1, -0.05) is 297 Å². The fourth-order valence-electron chi connectivity index (χ4n) is 23.0. The third-order valence-corrected chi connectivity index (χ3v) is 26.8. The molecule has 27 rings (SSSR count). The third kappa shape index (κ3) is 10.2. The molecule has 0 atom stereocenters. The number of rotatable bonds is 12. The van der Waals surface area contributed by atoms with E-state index in [2.05, 4.69) is 51.1 Å². The highest BCUT2D eigenvalue weighted by Gasteiger charge is 2.54. The van der Waals surface area contributed by atoms with E-state index >= 15 is 0 Å². The molecule has 0 aromatic heterocycles. The summed E-state index contributed by atoms with van der Waals surface area (Å²) in [6, 6.07) is 31.5. The van der Waals surface area contributed by atoms with Gasteiger partial charge in [0.25, 0.3) is 13.4 Å². The molecule has 12 aliphatic rings. The zero-order valence-electron chi connectivity index (χ0n) is 92.7. The van der Waals surface area contributed by atoms with E-state index in [9.17, 15) is 35.6 Å². The summed E-state index contributed by atoms with van der Waals surface area (Å²) in [6.45, 7) is -2.04. The van der Waals surface area contributed by atoms with Gasteiger partial charge in [0.2, 0.25) is 0 Å². The Labute approximate surface area is 723 Å². The van der Waals surface area contributed by atoms with Gasteiger partial charge >= 0.3 is 0 Å². The number of nitrogens with zero attached hydrogens (tertiary/aromatic N) is 6. The standard InChI is InChI=1S/C108H86B2N6/c1-8-29-73(30-9-1)86-43-26-44-87(74-31-10-2-11-32-74)106(86)114-96-51-24-22-49-92(96)109-94-67-95-99(68-98(94)113(79-41-20-7-21-42-79)100-63-84(64-101(114)104(100)109)111-80-55-69-53-70(57-80)58-81(111)56-69)116(108-90(77-37-16-5-17-38-77)47-28-48-91(108)78-39-18-6-19-40-78)103-66-85(112-82-59-71-54-72(61-82)62-83(112)60-71)65-102-105(103)110(95)93-50-23-25-52-97(93)115(102)107-88(75-33-12-3-13-34-75)45-27-46-89(107)76-35-14-4-15-36-76/h1-52,63-72,80-83H,53-62H2/i1D,2D,3D,4D,5D,6D,8D,9D,10D,11D,12D,13D,14D,15D,16D,17D,18D,19D,29D,30D,31D,32D,33D,34D,35D,36D,37D,38D,39D,40D. The lowest BCUT2D eigenvalue weighted by atomic mass is 9.30. The minimum absolute atomic E-state index is 0.00439. The van der Waals surface area contributed by atoms with Crippen molar-refractivity contribution in [3.05, 3.63) is 351 Å². The molecule has 4 saturated carbocycles. The zero-order valence-corrected chi connectivity index (χ0v) is 62.7. The van der Waals surface area contributed by atoms with Crippen LogP contribution in [0, 0.1) is 23.7 Å². The summed E-state index contributed by atoms with van der Waals surface area (Å²) < 4.78 is 290. The van der Waals surface area contributed by atoms with Crippen LogP contribution in [0.25, 0.3) is 66.8 Å². The number of hydrogen-bond acceptors (Lipinski definition) is 6. The van der Waals surface area contributed by atoms with Gasteiger partial charge in [0, 0.05) is 120 Å². The number of fused-ring (bicyclic) bond motifs is 8. The highest BCUT2D eigenvalue weighted by molar-refractivity contribution is 7.03. The van der Waals surface area contributed by atoms with Crippen LogP contribution in [0.1, 0.15) is 105 Å². The lowest BCUT2D eigenvalue weighted by Crippen LogP contribution is -2.65. The number of para-hydroxylation sites is 6. The Morgan fingerprint density at radius 1 is 0.224 bits per heavy atom. The predicted molar refractivity (Wildman–Crippen MR) is 487 cm³/mol. The van der Waals surface area contributed by atoms with E-state index in [1.807, 2.05) is 93.6 Å². The monoisotopic (exact) mass is 1520 g/mol. The Bertz CT molecular complexity index is 7900. The van der Waals surface area contributed by atoms with Crippen molar-refractivity contribution >= 4 is 126 Å². The molecular formula is C108H86B2N6. The van der Waals surface area contributed by atoms with Crippen LogP contribution >= 0.6 is 0 Å². The molecule has 4 saturated heterocycles. The van der Waals surface area contributed by atoms with Crippen molar-refractivity contribution < 1.29 is 41.1 Å². The van der Waals surface area contributed by atoms with Gasteiger partial charge in [-0.15, -0.1) is 0 Å².